The number of anilines is 1. The van der Waals surface area contributed by atoms with E-state index in [0.717, 1.165) is 49.0 Å². The maximum atomic E-state index is 13.5. The minimum Gasteiger partial charge on any atom is -0.481 e. The van der Waals surface area contributed by atoms with E-state index in [0.29, 0.717) is 17.3 Å². The van der Waals surface area contributed by atoms with Crippen LogP contribution in [0.25, 0.3) is 0 Å². The van der Waals surface area contributed by atoms with Gasteiger partial charge in [-0.05, 0) is 55.9 Å². The number of nitrogens with zero attached hydrogens (tertiary/aromatic N) is 3. The van der Waals surface area contributed by atoms with E-state index in [9.17, 15) is 4.79 Å². The highest BCUT2D eigenvalue weighted by molar-refractivity contribution is 6.00. The molecule has 0 saturated heterocycles. The quantitative estimate of drug-likeness (QED) is 0.485. The number of imidazole rings is 1. The third-order valence-corrected chi connectivity index (χ3v) is 7.18. The summed E-state index contributed by atoms with van der Waals surface area (Å²) in [7, 11) is 3.07. The van der Waals surface area contributed by atoms with Crippen molar-refractivity contribution < 1.29 is 14.3 Å². The van der Waals surface area contributed by atoms with E-state index in [2.05, 4.69) is 43.5 Å². The van der Waals surface area contributed by atoms with E-state index >= 15 is 0 Å². The Kier molecular flexibility index (Phi) is 6.35. The van der Waals surface area contributed by atoms with Gasteiger partial charge in [0.15, 0.2) is 5.78 Å². The third-order valence-electron chi connectivity index (χ3n) is 7.18. The second-order valence-electron chi connectivity index (χ2n) is 9.12. The van der Waals surface area contributed by atoms with E-state index in [-0.39, 0.29) is 17.1 Å². The van der Waals surface area contributed by atoms with Crippen LogP contribution in [0.4, 0.5) is 5.69 Å². The molecule has 1 aliphatic heterocycles. The molecule has 2 N–H and O–H groups in total. The van der Waals surface area contributed by atoms with Crippen LogP contribution >= 0.6 is 0 Å². The molecule has 0 radical (unpaired) electrons. The first kappa shape index (κ1) is 22.8. The number of methoxy groups -OCH3 is 2. The highest BCUT2D eigenvalue weighted by Gasteiger charge is 2.40. The van der Waals surface area contributed by atoms with Crippen LogP contribution in [0.1, 0.15) is 52.9 Å². The summed E-state index contributed by atoms with van der Waals surface area (Å²) >= 11 is 0. The molecule has 2 aliphatic rings. The molecule has 0 unspecified atom stereocenters. The van der Waals surface area contributed by atoms with Crippen LogP contribution in [0.15, 0.2) is 60.2 Å². The Morgan fingerprint density at radius 3 is 2.74 bits per heavy atom. The Labute approximate surface area is 204 Å². The number of H-pyrrole nitrogens is 1. The SMILES string of the molecule is COc1ccc(C(=O)C2CCC(Cc3cnc[nH]3)(c3ccc4c(c3)C=NC=CN4)CC2)c(OC)n1. The highest BCUT2D eigenvalue weighted by atomic mass is 16.5. The molecule has 0 spiro atoms. The molecule has 1 fully saturated rings. The van der Waals surface area contributed by atoms with Gasteiger partial charge in [-0.2, -0.15) is 4.98 Å². The fourth-order valence-corrected chi connectivity index (χ4v) is 5.27. The summed E-state index contributed by atoms with van der Waals surface area (Å²) in [4.78, 5) is 29.6. The van der Waals surface area contributed by atoms with E-state index < -0.39 is 0 Å². The summed E-state index contributed by atoms with van der Waals surface area (Å²) in [5, 5.41) is 3.28. The van der Waals surface area contributed by atoms with E-state index in [1.165, 1.54) is 12.7 Å². The molecular weight excluding hydrogens is 442 g/mol. The van der Waals surface area contributed by atoms with Gasteiger partial charge in [0.1, 0.15) is 0 Å². The number of pyridine rings is 1. The van der Waals surface area contributed by atoms with Crippen molar-refractivity contribution in [2.24, 2.45) is 10.9 Å². The van der Waals surface area contributed by atoms with Crippen molar-refractivity contribution in [3.63, 3.8) is 0 Å². The van der Waals surface area contributed by atoms with Crippen molar-refractivity contribution in [1.29, 1.82) is 0 Å². The lowest BCUT2D eigenvalue weighted by Gasteiger charge is -2.40. The van der Waals surface area contributed by atoms with Gasteiger partial charge in [0.2, 0.25) is 11.8 Å². The molecule has 1 saturated carbocycles. The van der Waals surface area contributed by atoms with Gasteiger partial charge in [-0.3, -0.25) is 9.79 Å². The zero-order chi connectivity index (χ0) is 24.3. The number of benzene rings is 1. The fourth-order valence-electron chi connectivity index (χ4n) is 5.27. The Bertz CT molecular complexity index is 1260. The van der Waals surface area contributed by atoms with Crippen LogP contribution in [0.2, 0.25) is 0 Å². The number of hydrogen-bond donors (Lipinski definition) is 2. The van der Waals surface area contributed by atoms with Gasteiger partial charge in [-0.25, -0.2) is 4.98 Å². The molecule has 8 heteroatoms. The molecule has 1 aliphatic carbocycles. The molecule has 1 aromatic carbocycles. The molecule has 3 heterocycles. The number of aromatic nitrogens is 3. The summed E-state index contributed by atoms with van der Waals surface area (Å²) in [6.07, 6.45) is 13.3. The Morgan fingerprint density at radius 1 is 1.14 bits per heavy atom. The molecule has 5 rings (SSSR count). The zero-order valence-electron chi connectivity index (χ0n) is 20.0. The third kappa shape index (κ3) is 4.56. The molecule has 35 heavy (non-hydrogen) atoms. The zero-order valence-corrected chi connectivity index (χ0v) is 20.0. The van der Waals surface area contributed by atoms with Crippen LogP contribution in [0.5, 0.6) is 11.8 Å². The van der Waals surface area contributed by atoms with Gasteiger partial charge in [-0.15, -0.1) is 0 Å². The minimum absolute atomic E-state index is 0.0801. The molecule has 0 amide bonds. The average Bonchev–Trinajstić information content (AvgIpc) is 3.29. The van der Waals surface area contributed by atoms with Crippen LogP contribution in [0.3, 0.4) is 0 Å². The lowest BCUT2D eigenvalue weighted by atomic mass is 9.63. The van der Waals surface area contributed by atoms with Gasteiger partial charge in [0.05, 0.1) is 26.1 Å². The number of Topliss-reactive ketones (excluding diaryl/α,β-unsaturated/α-hetero) is 1. The van der Waals surface area contributed by atoms with Gasteiger partial charge < -0.3 is 19.8 Å². The maximum Gasteiger partial charge on any atom is 0.227 e. The standard InChI is InChI=1S/C27H29N5O3/c1-34-24-6-4-22(26(32-24)35-2)25(33)18-7-9-27(10-8-18,14-21-16-29-17-31-21)20-3-5-23-19(13-20)15-28-11-12-30-23/h3-6,11-13,15-18,30H,7-10,14H2,1-2H3,(H,29,31). The number of carbonyl (C=O) groups excluding carboxylic acids is 1. The van der Waals surface area contributed by atoms with Gasteiger partial charge in [0, 0.05) is 59.2 Å². The number of rotatable bonds is 7. The number of ether oxygens (including phenoxy) is 2. The van der Waals surface area contributed by atoms with Crippen LogP contribution in [0, 0.1) is 5.92 Å². The minimum atomic E-state index is -0.103. The first-order valence-corrected chi connectivity index (χ1v) is 11.8. The summed E-state index contributed by atoms with van der Waals surface area (Å²) in [6.45, 7) is 0. The van der Waals surface area contributed by atoms with Crippen LogP contribution in [-0.4, -0.2) is 41.2 Å². The van der Waals surface area contributed by atoms with Crippen molar-refractivity contribution in [1.82, 2.24) is 15.0 Å². The lowest BCUT2D eigenvalue weighted by molar-refractivity contribution is 0.0853. The number of fused-ring (bicyclic) bond motifs is 1. The van der Waals surface area contributed by atoms with Crippen LogP contribution in [-0.2, 0) is 11.8 Å². The first-order chi connectivity index (χ1) is 17.1. The van der Waals surface area contributed by atoms with Gasteiger partial charge in [0.25, 0.3) is 0 Å². The van der Waals surface area contributed by atoms with Gasteiger partial charge in [-0.1, -0.05) is 6.07 Å². The molecule has 180 valence electrons. The summed E-state index contributed by atoms with van der Waals surface area (Å²) in [6, 6.07) is 10.0. The summed E-state index contributed by atoms with van der Waals surface area (Å²) < 4.78 is 10.6. The largest absolute Gasteiger partial charge is 0.481 e. The van der Waals surface area contributed by atoms with Crippen molar-refractivity contribution in [3.8, 4) is 11.8 Å². The van der Waals surface area contributed by atoms with Crippen molar-refractivity contribution >= 4 is 17.7 Å². The number of aromatic amines is 1. The molecule has 8 nitrogen and oxygen atoms in total. The lowest BCUT2D eigenvalue weighted by Crippen LogP contribution is -2.36. The normalized spacial score (nSPS) is 21.0. The monoisotopic (exact) mass is 471 g/mol. The smallest absolute Gasteiger partial charge is 0.227 e. The topological polar surface area (TPSA) is 101 Å². The second kappa shape index (κ2) is 9.74. The Hall–Kier alpha value is -3.94. The summed E-state index contributed by atoms with van der Waals surface area (Å²) in [5.74, 6) is 0.741. The van der Waals surface area contributed by atoms with Crippen molar-refractivity contribution in [3.05, 3.63) is 77.6 Å². The van der Waals surface area contributed by atoms with E-state index in [1.54, 1.807) is 31.8 Å². The van der Waals surface area contributed by atoms with E-state index in [4.69, 9.17) is 9.47 Å². The van der Waals surface area contributed by atoms with Crippen molar-refractivity contribution in [2.45, 2.75) is 37.5 Å². The Morgan fingerprint density at radius 2 is 2.00 bits per heavy atom. The Balaban J connectivity index is 1.42. The predicted octanol–water partition coefficient (Wildman–Crippen LogP) is 4.69. The fraction of sp³-hybridized carbons (Fsp3) is 0.333. The number of hydrogen-bond acceptors (Lipinski definition) is 7. The number of aliphatic imine (C=N–C) groups is 1. The average molecular weight is 472 g/mol. The second-order valence-corrected chi connectivity index (χ2v) is 9.12. The highest BCUT2D eigenvalue weighted by Crippen LogP contribution is 2.45. The number of carbonyl (C=O) groups is 1. The summed E-state index contributed by atoms with van der Waals surface area (Å²) in [5.41, 5.74) is 4.86. The van der Waals surface area contributed by atoms with Gasteiger partial charge >= 0.3 is 0 Å². The molecular formula is C27H29N5O3. The molecule has 3 aromatic rings. The van der Waals surface area contributed by atoms with Crippen molar-refractivity contribution in [2.75, 3.05) is 19.5 Å². The maximum absolute atomic E-state index is 13.5. The number of nitrogens with one attached hydrogen (secondary N) is 2. The van der Waals surface area contributed by atoms with Crippen LogP contribution < -0.4 is 14.8 Å². The molecule has 2 aromatic heterocycles. The number of ketones is 1. The molecule has 0 bridgehead atoms. The first-order valence-electron chi connectivity index (χ1n) is 11.8. The molecule has 0 atom stereocenters. The predicted molar refractivity (Wildman–Crippen MR) is 134 cm³/mol. The van der Waals surface area contributed by atoms with E-state index in [1.807, 2.05) is 18.6 Å².